The first-order valence-electron chi connectivity index (χ1n) is 5.66. The molecule has 0 saturated carbocycles. The summed E-state index contributed by atoms with van der Waals surface area (Å²) < 4.78 is 1.81. The molecule has 1 unspecified atom stereocenters. The van der Waals surface area contributed by atoms with Gasteiger partial charge < -0.3 is 5.73 Å². The maximum Gasteiger partial charge on any atom is 0.0834 e. The molecule has 0 amide bonds. The summed E-state index contributed by atoms with van der Waals surface area (Å²) >= 11 is 0. The first kappa shape index (κ1) is 12.8. The number of rotatable bonds is 1. The molecule has 3 nitrogen and oxygen atoms in total. The van der Waals surface area contributed by atoms with Crippen molar-refractivity contribution in [2.75, 3.05) is 0 Å². The zero-order valence-corrected chi connectivity index (χ0v) is 10.8. The molecule has 0 bridgehead atoms. The molecule has 0 radical (unpaired) electrons. The zero-order chi connectivity index (χ0) is 12.3. The number of aryl methyl sites for hydroxylation is 1. The Kier molecular flexibility index (Phi) is 3.77. The van der Waals surface area contributed by atoms with Gasteiger partial charge in [0.1, 0.15) is 0 Å². The van der Waals surface area contributed by atoms with Crippen LogP contribution in [0.15, 0.2) is 6.20 Å². The molecule has 88 valence electrons. The van der Waals surface area contributed by atoms with Crippen molar-refractivity contribution >= 4 is 0 Å². The van der Waals surface area contributed by atoms with Crippen LogP contribution < -0.4 is 5.73 Å². The molecule has 0 aliphatic carbocycles. The Morgan fingerprint density at radius 1 is 1.50 bits per heavy atom. The fourth-order valence-electron chi connectivity index (χ4n) is 1.41. The molecule has 0 fully saturated rings. The second kappa shape index (κ2) is 4.71. The second-order valence-electron chi connectivity index (χ2n) is 5.10. The van der Waals surface area contributed by atoms with Gasteiger partial charge in [-0.1, -0.05) is 39.5 Å². The van der Waals surface area contributed by atoms with Crippen molar-refractivity contribution < 1.29 is 0 Å². The fraction of sp³-hybridized carbons (Fsp3) is 0.615. The minimum Gasteiger partial charge on any atom is -0.318 e. The molecule has 0 spiro atoms. The minimum absolute atomic E-state index is 0.0155. The standard InChI is InChI=1S/C13H21N3/c1-6-11(14)8-7-10-9-16(5)15-12(10)13(2,3)4/h9,11H,6,14H2,1-5H3. The second-order valence-corrected chi connectivity index (χ2v) is 5.10. The first-order chi connectivity index (χ1) is 7.34. The van der Waals surface area contributed by atoms with E-state index in [2.05, 4.69) is 37.7 Å². The van der Waals surface area contributed by atoms with Crippen LogP contribution >= 0.6 is 0 Å². The zero-order valence-electron chi connectivity index (χ0n) is 10.8. The molecule has 1 aromatic rings. The lowest BCUT2D eigenvalue weighted by molar-refractivity contribution is 0.552. The lowest BCUT2D eigenvalue weighted by Gasteiger charge is -2.15. The van der Waals surface area contributed by atoms with Crippen molar-refractivity contribution in [3.8, 4) is 11.8 Å². The van der Waals surface area contributed by atoms with E-state index in [0.717, 1.165) is 17.7 Å². The molecule has 0 aromatic carbocycles. The summed E-state index contributed by atoms with van der Waals surface area (Å²) in [7, 11) is 1.92. The quantitative estimate of drug-likeness (QED) is 0.732. The first-order valence-corrected chi connectivity index (χ1v) is 5.66. The van der Waals surface area contributed by atoms with Gasteiger partial charge in [-0.3, -0.25) is 4.68 Å². The van der Waals surface area contributed by atoms with Crippen molar-refractivity contribution in [2.45, 2.75) is 45.6 Å². The molecular formula is C13H21N3. The Balaban J connectivity index is 3.08. The summed E-state index contributed by atoms with van der Waals surface area (Å²) in [5, 5.41) is 4.46. The Hall–Kier alpha value is -1.27. The molecule has 1 atom stereocenters. The molecule has 0 saturated heterocycles. The van der Waals surface area contributed by atoms with E-state index in [1.807, 2.05) is 24.9 Å². The summed E-state index contributed by atoms with van der Waals surface area (Å²) in [4.78, 5) is 0. The van der Waals surface area contributed by atoms with Crippen LogP contribution in [0.1, 0.15) is 45.4 Å². The highest BCUT2D eigenvalue weighted by molar-refractivity contribution is 5.40. The van der Waals surface area contributed by atoms with Gasteiger partial charge in [-0.15, -0.1) is 0 Å². The number of hydrogen-bond acceptors (Lipinski definition) is 2. The van der Waals surface area contributed by atoms with E-state index in [1.165, 1.54) is 0 Å². The van der Waals surface area contributed by atoms with E-state index in [0.29, 0.717) is 0 Å². The van der Waals surface area contributed by atoms with Crippen LogP contribution in [-0.4, -0.2) is 15.8 Å². The molecular weight excluding hydrogens is 198 g/mol. The number of aromatic nitrogens is 2. The van der Waals surface area contributed by atoms with Crippen LogP contribution in [0.2, 0.25) is 0 Å². The average Bonchev–Trinajstić information content (AvgIpc) is 2.55. The smallest absolute Gasteiger partial charge is 0.0834 e. The predicted octanol–water partition coefficient (Wildman–Crippen LogP) is 1.81. The molecule has 0 aliphatic rings. The third-order valence-electron chi connectivity index (χ3n) is 2.37. The summed E-state index contributed by atoms with van der Waals surface area (Å²) in [5.41, 5.74) is 7.82. The highest BCUT2D eigenvalue weighted by Crippen LogP contribution is 2.23. The average molecular weight is 219 g/mol. The van der Waals surface area contributed by atoms with Crippen LogP contribution in [0.4, 0.5) is 0 Å². The van der Waals surface area contributed by atoms with Crippen LogP contribution in [0.5, 0.6) is 0 Å². The van der Waals surface area contributed by atoms with Crippen LogP contribution in [0.25, 0.3) is 0 Å². The van der Waals surface area contributed by atoms with E-state index >= 15 is 0 Å². The topological polar surface area (TPSA) is 43.8 Å². The van der Waals surface area contributed by atoms with E-state index in [1.54, 1.807) is 0 Å². The Bertz CT molecular complexity index is 413. The van der Waals surface area contributed by atoms with Gasteiger partial charge in [-0.05, 0) is 6.42 Å². The summed E-state index contributed by atoms with van der Waals surface area (Å²) in [6.07, 6.45) is 2.83. The molecule has 1 rings (SSSR count). The van der Waals surface area contributed by atoms with Gasteiger partial charge in [0.15, 0.2) is 0 Å². The molecule has 1 heterocycles. The van der Waals surface area contributed by atoms with E-state index < -0.39 is 0 Å². The summed E-state index contributed by atoms with van der Waals surface area (Å²) in [6, 6.07) is -0.0481. The third-order valence-corrected chi connectivity index (χ3v) is 2.37. The van der Waals surface area contributed by atoms with Crippen molar-refractivity contribution in [1.82, 2.24) is 9.78 Å². The number of nitrogens with zero attached hydrogens (tertiary/aromatic N) is 2. The van der Waals surface area contributed by atoms with Crippen molar-refractivity contribution in [3.05, 3.63) is 17.5 Å². The Morgan fingerprint density at radius 3 is 2.62 bits per heavy atom. The van der Waals surface area contributed by atoms with Gasteiger partial charge in [-0.2, -0.15) is 5.10 Å². The molecule has 1 aromatic heterocycles. The van der Waals surface area contributed by atoms with Crippen molar-refractivity contribution in [1.29, 1.82) is 0 Å². The fourth-order valence-corrected chi connectivity index (χ4v) is 1.41. The van der Waals surface area contributed by atoms with Gasteiger partial charge in [0, 0.05) is 18.7 Å². The lowest BCUT2D eigenvalue weighted by Crippen LogP contribution is -2.16. The molecule has 2 N–H and O–H groups in total. The van der Waals surface area contributed by atoms with Gasteiger partial charge in [0.05, 0.1) is 17.3 Å². The van der Waals surface area contributed by atoms with Gasteiger partial charge in [0.2, 0.25) is 0 Å². The van der Waals surface area contributed by atoms with E-state index in [9.17, 15) is 0 Å². The Morgan fingerprint density at radius 2 is 2.12 bits per heavy atom. The molecule has 16 heavy (non-hydrogen) atoms. The maximum atomic E-state index is 5.79. The summed E-state index contributed by atoms with van der Waals surface area (Å²) in [5.74, 6) is 6.18. The monoisotopic (exact) mass is 219 g/mol. The summed E-state index contributed by atoms with van der Waals surface area (Å²) in [6.45, 7) is 8.45. The largest absolute Gasteiger partial charge is 0.318 e. The highest BCUT2D eigenvalue weighted by Gasteiger charge is 2.20. The van der Waals surface area contributed by atoms with Crippen LogP contribution in [0, 0.1) is 11.8 Å². The predicted molar refractivity (Wildman–Crippen MR) is 67.1 cm³/mol. The van der Waals surface area contributed by atoms with Gasteiger partial charge >= 0.3 is 0 Å². The normalized spacial score (nSPS) is 13.1. The van der Waals surface area contributed by atoms with Crippen molar-refractivity contribution in [3.63, 3.8) is 0 Å². The van der Waals surface area contributed by atoms with Gasteiger partial charge in [0.25, 0.3) is 0 Å². The van der Waals surface area contributed by atoms with Crippen LogP contribution in [0.3, 0.4) is 0 Å². The number of hydrogen-bond donors (Lipinski definition) is 1. The Labute approximate surface area is 98.0 Å². The molecule has 3 heteroatoms. The van der Waals surface area contributed by atoms with E-state index in [4.69, 9.17) is 5.73 Å². The lowest BCUT2D eigenvalue weighted by atomic mass is 9.90. The number of nitrogens with two attached hydrogens (primary N) is 1. The van der Waals surface area contributed by atoms with E-state index in [-0.39, 0.29) is 11.5 Å². The van der Waals surface area contributed by atoms with Gasteiger partial charge in [-0.25, -0.2) is 0 Å². The minimum atomic E-state index is -0.0481. The molecule has 0 aliphatic heterocycles. The van der Waals surface area contributed by atoms with Crippen molar-refractivity contribution in [2.24, 2.45) is 12.8 Å². The third kappa shape index (κ3) is 3.11. The maximum absolute atomic E-state index is 5.79. The SMILES string of the molecule is CCC(N)C#Cc1cn(C)nc1C(C)(C)C. The highest BCUT2D eigenvalue weighted by atomic mass is 15.3. The van der Waals surface area contributed by atoms with Crippen LogP contribution in [-0.2, 0) is 12.5 Å².